The molecule has 116 valence electrons. The second-order valence-corrected chi connectivity index (χ2v) is 6.66. The van der Waals surface area contributed by atoms with Gasteiger partial charge >= 0.3 is 5.97 Å². The molecule has 0 fully saturated rings. The standard InChI is InChI=1S/C16H17NO3S2/c1-21-12-6-4-11(5-7-12)14(10-16(19)20)17-15(18)9-13-3-2-8-22-13/h2-8,14H,9-10H2,1H3,(H,17,18)(H,19,20). The van der Waals surface area contributed by atoms with E-state index in [4.69, 9.17) is 5.11 Å². The Kier molecular flexibility index (Phi) is 6.03. The van der Waals surface area contributed by atoms with Crippen LogP contribution < -0.4 is 5.32 Å². The van der Waals surface area contributed by atoms with Gasteiger partial charge in [0.25, 0.3) is 0 Å². The Labute approximate surface area is 137 Å². The highest BCUT2D eigenvalue weighted by atomic mass is 32.2. The lowest BCUT2D eigenvalue weighted by atomic mass is 10.0. The molecule has 0 saturated carbocycles. The summed E-state index contributed by atoms with van der Waals surface area (Å²) >= 11 is 3.13. The van der Waals surface area contributed by atoms with Gasteiger partial charge in [0.2, 0.25) is 5.91 Å². The maximum atomic E-state index is 12.1. The number of benzene rings is 1. The number of nitrogens with one attached hydrogen (secondary N) is 1. The summed E-state index contributed by atoms with van der Waals surface area (Å²) < 4.78 is 0. The smallest absolute Gasteiger partial charge is 0.305 e. The van der Waals surface area contributed by atoms with Crippen LogP contribution in [0.25, 0.3) is 0 Å². The molecule has 0 radical (unpaired) electrons. The Bertz CT molecular complexity index is 623. The van der Waals surface area contributed by atoms with E-state index in [1.54, 1.807) is 11.8 Å². The summed E-state index contributed by atoms with van der Waals surface area (Å²) in [6, 6.07) is 10.9. The summed E-state index contributed by atoms with van der Waals surface area (Å²) in [7, 11) is 0. The average Bonchev–Trinajstić information content (AvgIpc) is 2.99. The zero-order valence-electron chi connectivity index (χ0n) is 12.1. The number of carboxylic acid groups (broad SMARTS) is 1. The number of aliphatic carboxylic acids is 1. The molecule has 4 nitrogen and oxygen atoms in total. The number of thiophene rings is 1. The van der Waals surface area contributed by atoms with Gasteiger partial charge < -0.3 is 10.4 Å². The average molecular weight is 335 g/mol. The van der Waals surface area contributed by atoms with Crippen LogP contribution in [-0.4, -0.2) is 23.2 Å². The van der Waals surface area contributed by atoms with Crippen LogP contribution in [0.3, 0.4) is 0 Å². The molecule has 0 aliphatic carbocycles. The van der Waals surface area contributed by atoms with Gasteiger partial charge in [0.05, 0.1) is 18.9 Å². The van der Waals surface area contributed by atoms with Gasteiger partial charge in [-0.25, -0.2) is 0 Å². The van der Waals surface area contributed by atoms with Crippen molar-refractivity contribution in [2.24, 2.45) is 0 Å². The zero-order valence-corrected chi connectivity index (χ0v) is 13.7. The topological polar surface area (TPSA) is 66.4 Å². The highest BCUT2D eigenvalue weighted by Crippen LogP contribution is 2.21. The van der Waals surface area contributed by atoms with E-state index in [2.05, 4.69) is 5.32 Å². The Balaban J connectivity index is 2.07. The Hall–Kier alpha value is -1.79. The minimum absolute atomic E-state index is 0.130. The fourth-order valence-electron chi connectivity index (χ4n) is 2.08. The molecule has 0 aliphatic heterocycles. The molecule has 1 unspecified atom stereocenters. The third-order valence-electron chi connectivity index (χ3n) is 3.15. The number of amides is 1. The number of hydrogen-bond donors (Lipinski definition) is 2. The van der Waals surface area contributed by atoms with Crippen molar-refractivity contribution < 1.29 is 14.7 Å². The molecular formula is C16H17NO3S2. The molecule has 0 saturated heterocycles. The molecule has 2 rings (SSSR count). The van der Waals surface area contributed by atoms with Crippen molar-refractivity contribution in [3.05, 3.63) is 52.2 Å². The SMILES string of the molecule is CSc1ccc(C(CC(=O)O)NC(=O)Cc2cccs2)cc1. The first-order valence-electron chi connectivity index (χ1n) is 6.76. The Morgan fingerprint density at radius 2 is 2.00 bits per heavy atom. The first-order valence-corrected chi connectivity index (χ1v) is 8.86. The van der Waals surface area contributed by atoms with E-state index in [0.717, 1.165) is 15.3 Å². The van der Waals surface area contributed by atoms with Crippen LogP contribution in [0.1, 0.15) is 22.9 Å². The maximum Gasteiger partial charge on any atom is 0.305 e. The molecule has 0 aliphatic rings. The molecule has 1 aromatic heterocycles. The van der Waals surface area contributed by atoms with E-state index in [0.29, 0.717) is 0 Å². The number of carbonyl (C=O) groups is 2. The van der Waals surface area contributed by atoms with Crippen molar-refractivity contribution in [2.75, 3.05) is 6.26 Å². The van der Waals surface area contributed by atoms with Crippen LogP contribution in [0, 0.1) is 0 Å². The molecule has 2 aromatic rings. The summed E-state index contributed by atoms with van der Waals surface area (Å²) in [4.78, 5) is 25.2. The molecular weight excluding hydrogens is 318 g/mol. The highest BCUT2D eigenvalue weighted by molar-refractivity contribution is 7.98. The van der Waals surface area contributed by atoms with Gasteiger partial charge in [0.1, 0.15) is 0 Å². The monoisotopic (exact) mass is 335 g/mol. The van der Waals surface area contributed by atoms with Crippen LogP contribution in [0.5, 0.6) is 0 Å². The third-order valence-corrected chi connectivity index (χ3v) is 4.77. The van der Waals surface area contributed by atoms with Gasteiger partial charge in [-0.3, -0.25) is 9.59 Å². The lowest BCUT2D eigenvalue weighted by Crippen LogP contribution is -2.31. The van der Waals surface area contributed by atoms with Crippen molar-refractivity contribution in [3.63, 3.8) is 0 Å². The normalized spacial score (nSPS) is 11.9. The van der Waals surface area contributed by atoms with Crippen molar-refractivity contribution in [3.8, 4) is 0 Å². The molecule has 6 heteroatoms. The lowest BCUT2D eigenvalue weighted by Gasteiger charge is -2.17. The van der Waals surface area contributed by atoms with Crippen LogP contribution in [-0.2, 0) is 16.0 Å². The molecule has 22 heavy (non-hydrogen) atoms. The molecule has 1 atom stereocenters. The van der Waals surface area contributed by atoms with Gasteiger partial charge in [-0.1, -0.05) is 18.2 Å². The molecule has 2 N–H and O–H groups in total. The van der Waals surface area contributed by atoms with Crippen molar-refractivity contribution >= 4 is 35.0 Å². The van der Waals surface area contributed by atoms with E-state index in [-0.39, 0.29) is 18.7 Å². The number of carbonyl (C=O) groups excluding carboxylic acids is 1. The molecule has 0 bridgehead atoms. The van der Waals surface area contributed by atoms with E-state index < -0.39 is 12.0 Å². The number of rotatable bonds is 7. The predicted octanol–water partition coefficient (Wildman–Crippen LogP) is 3.34. The third kappa shape index (κ3) is 4.89. The Morgan fingerprint density at radius 1 is 1.27 bits per heavy atom. The summed E-state index contributed by atoms with van der Waals surface area (Å²) in [6.07, 6.45) is 2.12. The van der Waals surface area contributed by atoms with Gasteiger partial charge in [0.15, 0.2) is 0 Å². The van der Waals surface area contributed by atoms with Crippen molar-refractivity contribution in [1.82, 2.24) is 5.32 Å². The van der Waals surface area contributed by atoms with Crippen LogP contribution in [0.2, 0.25) is 0 Å². The predicted molar refractivity (Wildman–Crippen MR) is 89.4 cm³/mol. The minimum Gasteiger partial charge on any atom is -0.481 e. The molecule has 0 spiro atoms. The minimum atomic E-state index is -0.935. The van der Waals surface area contributed by atoms with Gasteiger partial charge in [-0.15, -0.1) is 23.1 Å². The maximum absolute atomic E-state index is 12.1. The van der Waals surface area contributed by atoms with Crippen LogP contribution in [0.15, 0.2) is 46.7 Å². The Morgan fingerprint density at radius 3 is 2.55 bits per heavy atom. The second kappa shape index (κ2) is 8.00. The van der Waals surface area contributed by atoms with Crippen LogP contribution >= 0.6 is 23.1 Å². The van der Waals surface area contributed by atoms with Crippen LogP contribution in [0.4, 0.5) is 0 Å². The number of hydrogen-bond acceptors (Lipinski definition) is 4. The molecule has 1 heterocycles. The summed E-state index contributed by atoms with van der Waals surface area (Å²) in [6.45, 7) is 0. The van der Waals surface area contributed by atoms with Crippen molar-refractivity contribution in [1.29, 1.82) is 0 Å². The fourth-order valence-corrected chi connectivity index (χ4v) is 3.19. The summed E-state index contributed by atoms with van der Waals surface area (Å²) in [5.41, 5.74) is 0.805. The second-order valence-electron chi connectivity index (χ2n) is 4.75. The lowest BCUT2D eigenvalue weighted by molar-refractivity contribution is -0.137. The first-order chi connectivity index (χ1) is 10.6. The zero-order chi connectivity index (χ0) is 15.9. The quantitative estimate of drug-likeness (QED) is 0.762. The van der Waals surface area contributed by atoms with E-state index >= 15 is 0 Å². The fraction of sp³-hybridized carbons (Fsp3) is 0.250. The largest absolute Gasteiger partial charge is 0.481 e. The number of carboxylic acids is 1. The number of thioether (sulfide) groups is 1. The van der Waals surface area contributed by atoms with Crippen molar-refractivity contribution in [2.45, 2.75) is 23.8 Å². The first kappa shape index (κ1) is 16.6. The van der Waals surface area contributed by atoms with E-state index in [1.807, 2.05) is 48.0 Å². The van der Waals surface area contributed by atoms with Gasteiger partial charge in [-0.05, 0) is 35.4 Å². The van der Waals surface area contributed by atoms with Gasteiger partial charge in [-0.2, -0.15) is 0 Å². The van der Waals surface area contributed by atoms with E-state index in [1.165, 1.54) is 11.3 Å². The molecule has 1 amide bonds. The summed E-state index contributed by atoms with van der Waals surface area (Å²) in [5, 5.41) is 13.8. The molecule has 1 aromatic carbocycles. The summed E-state index contributed by atoms with van der Waals surface area (Å²) in [5.74, 6) is -1.10. The van der Waals surface area contributed by atoms with E-state index in [9.17, 15) is 9.59 Å². The highest BCUT2D eigenvalue weighted by Gasteiger charge is 2.18. The van der Waals surface area contributed by atoms with Gasteiger partial charge in [0, 0.05) is 9.77 Å².